The predicted octanol–water partition coefficient (Wildman–Crippen LogP) is 3.46. The molecule has 0 unspecified atom stereocenters. The lowest BCUT2D eigenvalue weighted by Gasteiger charge is -2.06. The molecule has 140 valence electrons. The van der Waals surface area contributed by atoms with Gasteiger partial charge in [-0.15, -0.1) is 24.8 Å². The topological polar surface area (TPSA) is 106 Å². The minimum absolute atomic E-state index is 0. The van der Waals surface area contributed by atoms with Crippen LogP contribution in [0.5, 0.6) is 0 Å². The van der Waals surface area contributed by atoms with Gasteiger partial charge in [0, 0.05) is 16.7 Å². The molecule has 1 heterocycles. The molecule has 0 radical (unpaired) electrons. The largest absolute Gasteiger partial charge is 0.384 e. The summed E-state index contributed by atoms with van der Waals surface area (Å²) in [7, 11) is 0. The Kier molecular flexibility index (Phi) is 6.25. The number of benzene rings is 2. The highest BCUT2D eigenvalue weighted by Crippen LogP contribution is 2.27. The summed E-state index contributed by atoms with van der Waals surface area (Å²) in [4.78, 5) is 4.40. The van der Waals surface area contributed by atoms with Crippen molar-refractivity contribution >= 4 is 42.3 Å². The van der Waals surface area contributed by atoms with Gasteiger partial charge in [-0.25, -0.2) is 9.66 Å². The molecule has 27 heavy (non-hydrogen) atoms. The first-order chi connectivity index (χ1) is 12.1. The van der Waals surface area contributed by atoms with E-state index in [9.17, 15) is 0 Å². The molecular formula is C19H20Cl2N6. The monoisotopic (exact) mass is 402 g/mol. The Hall–Kier alpha value is -2.83. The van der Waals surface area contributed by atoms with E-state index in [-0.39, 0.29) is 30.6 Å². The number of nitrogens with one attached hydrogen (secondary N) is 1. The number of hydrogen-bond acceptors (Lipinski definition) is 4. The van der Waals surface area contributed by atoms with Crippen molar-refractivity contribution < 1.29 is 0 Å². The van der Waals surface area contributed by atoms with Crippen molar-refractivity contribution in [3.8, 4) is 11.3 Å². The number of rotatable bonds is 3. The van der Waals surface area contributed by atoms with Crippen molar-refractivity contribution in [2.75, 3.05) is 5.73 Å². The van der Waals surface area contributed by atoms with Crippen molar-refractivity contribution in [2.24, 2.45) is 10.8 Å². The fourth-order valence-corrected chi connectivity index (χ4v) is 3.20. The first kappa shape index (κ1) is 20.5. The summed E-state index contributed by atoms with van der Waals surface area (Å²) in [5.41, 5.74) is 17.3. The Morgan fingerprint density at radius 3 is 2.48 bits per heavy atom. The lowest BCUT2D eigenvalue weighted by molar-refractivity contribution is 0.883. The van der Waals surface area contributed by atoms with E-state index in [2.05, 4.69) is 10.1 Å². The number of nitrogen functional groups attached to an aromatic ring is 2. The van der Waals surface area contributed by atoms with Crippen LogP contribution in [-0.4, -0.2) is 21.2 Å². The number of amidine groups is 1. The SMILES string of the molecule is Cl.Cl.N=C(N)c1cccc2c1CCC2=Nn1cc(-c2ccccc2)nc1N. The summed E-state index contributed by atoms with van der Waals surface area (Å²) in [6.07, 6.45) is 3.45. The standard InChI is InChI=1S/C19H18N6.2ClH/c20-18(21)15-8-4-7-14-13(15)9-10-16(14)24-25-11-17(23-19(25)22)12-5-2-1-3-6-12;;/h1-8,11H,9-10H2,(H3,20,21)(H2,22,23);2*1H. The van der Waals surface area contributed by atoms with Gasteiger partial charge in [-0.2, -0.15) is 5.10 Å². The lowest BCUT2D eigenvalue weighted by atomic mass is 10.0. The Bertz CT molecular complexity index is 995. The number of halogens is 2. The van der Waals surface area contributed by atoms with E-state index in [0.717, 1.165) is 46.5 Å². The molecule has 6 nitrogen and oxygen atoms in total. The van der Waals surface area contributed by atoms with Crippen molar-refractivity contribution in [3.63, 3.8) is 0 Å². The van der Waals surface area contributed by atoms with E-state index in [0.29, 0.717) is 5.95 Å². The van der Waals surface area contributed by atoms with E-state index in [1.807, 2.05) is 54.7 Å². The second-order valence-electron chi connectivity index (χ2n) is 5.99. The molecule has 2 aromatic carbocycles. The summed E-state index contributed by atoms with van der Waals surface area (Å²) >= 11 is 0. The minimum Gasteiger partial charge on any atom is -0.384 e. The third kappa shape index (κ3) is 3.82. The number of anilines is 1. The summed E-state index contributed by atoms with van der Waals surface area (Å²) in [6, 6.07) is 15.7. The average Bonchev–Trinajstić information content (AvgIpc) is 3.20. The van der Waals surface area contributed by atoms with Gasteiger partial charge in [0.2, 0.25) is 5.95 Å². The van der Waals surface area contributed by atoms with Gasteiger partial charge in [-0.3, -0.25) is 5.41 Å². The van der Waals surface area contributed by atoms with Gasteiger partial charge in [0.1, 0.15) is 5.84 Å². The van der Waals surface area contributed by atoms with Crippen molar-refractivity contribution in [2.45, 2.75) is 12.8 Å². The lowest BCUT2D eigenvalue weighted by Crippen LogP contribution is -2.13. The summed E-state index contributed by atoms with van der Waals surface area (Å²) < 4.78 is 1.62. The normalized spacial score (nSPS) is 13.6. The van der Waals surface area contributed by atoms with Crippen LogP contribution in [0.15, 0.2) is 59.8 Å². The molecule has 8 heteroatoms. The molecule has 0 saturated carbocycles. The molecule has 0 aliphatic heterocycles. The zero-order valence-corrected chi connectivity index (χ0v) is 16.1. The second-order valence-corrected chi connectivity index (χ2v) is 5.99. The summed E-state index contributed by atoms with van der Waals surface area (Å²) in [5, 5.41) is 12.4. The van der Waals surface area contributed by atoms with Gasteiger partial charge >= 0.3 is 0 Å². The molecule has 1 aliphatic carbocycles. The quantitative estimate of drug-likeness (QED) is 0.461. The molecule has 5 N–H and O–H groups in total. The van der Waals surface area contributed by atoms with Gasteiger partial charge in [0.25, 0.3) is 0 Å². The Morgan fingerprint density at radius 1 is 1.04 bits per heavy atom. The number of fused-ring (bicyclic) bond motifs is 1. The molecule has 1 aromatic heterocycles. The van der Waals surface area contributed by atoms with Crippen molar-refractivity contribution in [3.05, 3.63) is 71.4 Å². The van der Waals surface area contributed by atoms with Crippen LogP contribution in [0.1, 0.15) is 23.1 Å². The number of imidazole rings is 1. The van der Waals surface area contributed by atoms with Crippen LogP contribution in [0, 0.1) is 5.41 Å². The molecule has 0 saturated heterocycles. The van der Waals surface area contributed by atoms with Gasteiger partial charge in [0.05, 0.1) is 17.6 Å². The molecule has 0 amide bonds. The number of nitrogens with two attached hydrogens (primary N) is 2. The highest BCUT2D eigenvalue weighted by molar-refractivity contribution is 6.08. The average molecular weight is 403 g/mol. The molecule has 4 rings (SSSR count). The predicted molar refractivity (Wildman–Crippen MR) is 114 cm³/mol. The molecule has 0 bridgehead atoms. The van der Waals surface area contributed by atoms with Crippen LogP contribution in [-0.2, 0) is 6.42 Å². The molecule has 0 fully saturated rings. The highest BCUT2D eigenvalue weighted by atomic mass is 35.5. The van der Waals surface area contributed by atoms with Gasteiger partial charge in [-0.05, 0) is 18.4 Å². The first-order valence-electron chi connectivity index (χ1n) is 8.08. The second kappa shape index (κ2) is 8.24. The van der Waals surface area contributed by atoms with Crippen LogP contribution in [0.25, 0.3) is 11.3 Å². The third-order valence-corrected chi connectivity index (χ3v) is 4.40. The molecule has 1 aliphatic rings. The van der Waals surface area contributed by atoms with E-state index in [1.54, 1.807) is 4.68 Å². The van der Waals surface area contributed by atoms with E-state index in [1.165, 1.54) is 0 Å². The molecule has 0 atom stereocenters. The van der Waals surface area contributed by atoms with Crippen LogP contribution in [0.3, 0.4) is 0 Å². The zero-order valence-electron chi connectivity index (χ0n) is 14.4. The fourth-order valence-electron chi connectivity index (χ4n) is 3.20. The maximum absolute atomic E-state index is 7.73. The first-order valence-corrected chi connectivity index (χ1v) is 8.08. The Labute approximate surface area is 169 Å². The highest BCUT2D eigenvalue weighted by Gasteiger charge is 2.22. The van der Waals surface area contributed by atoms with E-state index < -0.39 is 0 Å². The van der Waals surface area contributed by atoms with Crippen LogP contribution < -0.4 is 11.5 Å². The number of nitrogens with zero attached hydrogens (tertiary/aromatic N) is 3. The molecule has 0 spiro atoms. The Morgan fingerprint density at radius 2 is 1.78 bits per heavy atom. The van der Waals surface area contributed by atoms with Gasteiger partial charge < -0.3 is 11.5 Å². The van der Waals surface area contributed by atoms with E-state index >= 15 is 0 Å². The molecular weight excluding hydrogens is 383 g/mol. The maximum Gasteiger partial charge on any atom is 0.221 e. The van der Waals surface area contributed by atoms with Gasteiger partial charge in [0.15, 0.2) is 0 Å². The van der Waals surface area contributed by atoms with Gasteiger partial charge in [-0.1, -0.05) is 48.5 Å². The van der Waals surface area contributed by atoms with Crippen molar-refractivity contribution in [1.82, 2.24) is 9.66 Å². The number of aromatic nitrogens is 2. The van der Waals surface area contributed by atoms with Crippen LogP contribution in [0.2, 0.25) is 0 Å². The zero-order chi connectivity index (χ0) is 17.4. The summed E-state index contributed by atoms with van der Waals surface area (Å²) in [5.74, 6) is 0.439. The maximum atomic E-state index is 7.73. The van der Waals surface area contributed by atoms with Crippen LogP contribution >= 0.6 is 24.8 Å². The van der Waals surface area contributed by atoms with Crippen LogP contribution in [0.4, 0.5) is 5.95 Å². The molecule has 3 aromatic rings. The Balaban J connectivity index is 0.00000131. The minimum atomic E-state index is 0. The van der Waals surface area contributed by atoms with Crippen molar-refractivity contribution in [1.29, 1.82) is 5.41 Å². The third-order valence-electron chi connectivity index (χ3n) is 4.40. The fraction of sp³-hybridized carbons (Fsp3) is 0.105. The summed E-state index contributed by atoms with van der Waals surface area (Å²) in [6.45, 7) is 0. The van der Waals surface area contributed by atoms with E-state index in [4.69, 9.17) is 16.9 Å². The number of hydrogen-bond donors (Lipinski definition) is 3. The smallest absolute Gasteiger partial charge is 0.221 e.